The van der Waals surface area contributed by atoms with Crippen molar-refractivity contribution >= 4 is 6.09 Å². The van der Waals surface area contributed by atoms with Crippen LogP contribution in [0, 0.1) is 0 Å². The lowest BCUT2D eigenvalue weighted by Gasteiger charge is -2.30. The Morgan fingerprint density at radius 3 is 2.50 bits per heavy atom. The highest BCUT2D eigenvalue weighted by Crippen LogP contribution is 2.18. The Morgan fingerprint density at radius 1 is 1.39 bits per heavy atom. The highest BCUT2D eigenvalue weighted by Gasteiger charge is 2.30. The van der Waals surface area contributed by atoms with Crippen LogP contribution >= 0.6 is 0 Å². The molecule has 100 valence electrons. The van der Waals surface area contributed by atoms with Gasteiger partial charge in [0.1, 0.15) is 5.60 Å². The van der Waals surface area contributed by atoms with Gasteiger partial charge in [0.25, 0.3) is 0 Å². The molecule has 0 radical (unpaired) electrons. The van der Waals surface area contributed by atoms with Gasteiger partial charge in [-0.3, -0.25) is 4.98 Å². The van der Waals surface area contributed by atoms with Crippen LogP contribution in [0.4, 0.5) is 4.79 Å². The van der Waals surface area contributed by atoms with Gasteiger partial charge in [-0.2, -0.15) is 0 Å². The minimum Gasteiger partial charge on any atom is -0.444 e. The van der Waals surface area contributed by atoms with E-state index in [0.717, 1.165) is 0 Å². The largest absolute Gasteiger partial charge is 0.444 e. The van der Waals surface area contributed by atoms with Crippen LogP contribution in [0.5, 0.6) is 0 Å². The van der Waals surface area contributed by atoms with Crippen molar-refractivity contribution in [2.75, 3.05) is 6.54 Å². The molecule has 0 spiro atoms. The van der Waals surface area contributed by atoms with Gasteiger partial charge in [0.05, 0.1) is 11.2 Å². The summed E-state index contributed by atoms with van der Waals surface area (Å²) < 4.78 is 5.22. The second-order valence-electron chi connectivity index (χ2n) is 5.38. The maximum atomic E-state index is 11.8. The summed E-state index contributed by atoms with van der Waals surface area (Å²) in [6, 6.07) is 5.49. The molecule has 1 atom stereocenters. The van der Waals surface area contributed by atoms with E-state index in [2.05, 4.69) is 10.3 Å². The summed E-state index contributed by atoms with van der Waals surface area (Å²) in [7, 11) is 0. The summed E-state index contributed by atoms with van der Waals surface area (Å²) in [4.78, 5) is 16.0. The highest BCUT2D eigenvalue weighted by atomic mass is 16.6. The highest BCUT2D eigenvalue weighted by molar-refractivity contribution is 5.69. The van der Waals surface area contributed by atoms with Gasteiger partial charge in [0, 0.05) is 12.7 Å². The van der Waals surface area contributed by atoms with Gasteiger partial charge in [-0.15, -0.1) is 0 Å². The number of hydrogen-bond donors (Lipinski definition) is 2. The lowest BCUT2D eigenvalue weighted by Crippen LogP contribution is -2.50. The fraction of sp³-hybridized carbons (Fsp3) is 0.538. The van der Waals surface area contributed by atoms with Gasteiger partial charge in [-0.05, 0) is 39.8 Å². The predicted molar refractivity (Wildman–Crippen MR) is 70.0 cm³/mol. The molecular formula is C13H21N3O2. The first-order chi connectivity index (χ1) is 8.27. The van der Waals surface area contributed by atoms with Crippen LogP contribution in [0.15, 0.2) is 24.4 Å². The molecule has 0 aromatic carbocycles. The number of carbonyl (C=O) groups excluding carboxylic acids is 1. The fourth-order valence-electron chi connectivity index (χ4n) is 1.44. The number of carbonyl (C=O) groups is 1. The SMILES string of the molecule is CC(C)(C)OC(=O)NC(C)(CN)c1ccccn1. The number of alkyl carbamates (subject to hydrolysis) is 1. The number of ether oxygens (including phenoxy) is 1. The van der Waals surface area contributed by atoms with Crippen LogP contribution in [-0.2, 0) is 10.3 Å². The monoisotopic (exact) mass is 251 g/mol. The average Bonchev–Trinajstić information content (AvgIpc) is 2.27. The van der Waals surface area contributed by atoms with Crippen LogP contribution in [0.3, 0.4) is 0 Å². The Hall–Kier alpha value is -1.62. The maximum absolute atomic E-state index is 11.8. The molecule has 1 aromatic heterocycles. The maximum Gasteiger partial charge on any atom is 0.408 e. The summed E-state index contributed by atoms with van der Waals surface area (Å²) >= 11 is 0. The molecule has 0 bridgehead atoms. The molecule has 0 aliphatic heterocycles. The molecule has 1 heterocycles. The molecule has 1 amide bonds. The minimum atomic E-state index is -0.733. The van der Waals surface area contributed by atoms with E-state index in [1.54, 1.807) is 6.20 Å². The first-order valence-corrected chi connectivity index (χ1v) is 5.89. The van der Waals surface area contributed by atoms with Crippen molar-refractivity contribution < 1.29 is 9.53 Å². The zero-order valence-electron chi connectivity index (χ0n) is 11.4. The molecule has 1 rings (SSSR count). The van der Waals surface area contributed by atoms with Gasteiger partial charge in [0.15, 0.2) is 0 Å². The Balaban J connectivity index is 2.81. The molecule has 1 aromatic rings. The van der Waals surface area contributed by atoms with E-state index >= 15 is 0 Å². The molecule has 0 aliphatic rings. The third kappa shape index (κ3) is 4.00. The number of nitrogens with one attached hydrogen (secondary N) is 1. The van der Waals surface area contributed by atoms with E-state index in [-0.39, 0.29) is 6.54 Å². The van der Waals surface area contributed by atoms with Crippen molar-refractivity contribution in [2.24, 2.45) is 5.73 Å². The van der Waals surface area contributed by atoms with E-state index < -0.39 is 17.2 Å². The normalized spacial score (nSPS) is 14.7. The summed E-state index contributed by atoms with van der Waals surface area (Å²) in [5.41, 5.74) is 5.18. The Labute approximate surface area is 108 Å². The van der Waals surface area contributed by atoms with E-state index in [0.29, 0.717) is 5.69 Å². The Kier molecular flexibility index (Phi) is 4.29. The standard InChI is InChI=1S/C13H21N3O2/c1-12(2,3)18-11(17)16-13(4,9-14)10-7-5-6-8-15-10/h5-8H,9,14H2,1-4H3,(H,16,17). The second kappa shape index (κ2) is 5.35. The molecule has 0 saturated heterocycles. The fourth-order valence-corrected chi connectivity index (χ4v) is 1.44. The molecule has 5 nitrogen and oxygen atoms in total. The topological polar surface area (TPSA) is 77.2 Å². The lowest BCUT2D eigenvalue weighted by atomic mass is 9.97. The van der Waals surface area contributed by atoms with E-state index in [1.165, 1.54) is 0 Å². The van der Waals surface area contributed by atoms with Gasteiger partial charge in [0.2, 0.25) is 0 Å². The quantitative estimate of drug-likeness (QED) is 0.858. The van der Waals surface area contributed by atoms with Crippen LogP contribution in [0.1, 0.15) is 33.4 Å². The molecule has 0 aliphatic carbocycles. The third-order valence-corrected chi connectivity index (χ3v) is 2.42. The summed E-state index contributed by atoms with van der Waals surface area (Å²) in [5, 5.41) is 2.77. The molecule has 1 unspecified atom stereocenters. The first-order valence-electron chi connectivity index (χ1n) is 5.89. The zero-order valence-corrected chi connectivity index (χ0v) is 11.4. The average molecular weight is 251 g/mol. The number of nitrogens with two attached hydrogens (primary N) is 1. The summed E-state index contributed by atoms with van der Waals surface area (Å²) in [5.74, 6) is 0. The van der Waals surface area contributed by atoms with Gasteiger partial charge in [-0.1, -0.05) is 6.07 Å². The van der Waals surface area contributed by atoms with Crippen LogP contribution < -0.4 is 11.1 Å². The third-order valence-electron chi connectivity index (χ3n) is 2.42. The lowest BCUT2D eigenvalue weighted by molar-refractivity contribution is 0.0462. The van der Waals surface area contributed by atoms with E-state index in [4.69, 9.17) is 10.5 Å². The predicted octanol–water partition coefficient (Wildman–Crippen LogP) is 1.78. The van der Waals surface area contributed by atoms with Crippen molar-refractivity contribution in [2.45, 2.75) is 38.8 Å². The van der Waals surface area contributed by atoms with E-state index in [9.17, 15) is 4.79 Å². The number of amides is 1. The number of nitrogens with zero attached hydrogens (tertiary/aromatic N) is 1. The van der Waals surface area contributed by atoms with Crippen molar-refractivity contribution in [3.8, 4) is 0 Å². The number of pyridine rings is 1. The number of hydrogen-bond acceptors (Lipinski definition) is 4. The van der Waals surface area contributed by atoms with Crippen LogP contribution in [0.25, 0.3) is 0 Å². The number of rotatable bonds is 3. The van der Waals surface area contributed by atoms with Crippen molar-refractivity contribution in [3.05, 3.63) is 30.1 Å². The summed E-state index contributed by atoms with van der Waals surface area (Å²) in [6.45, 7) is 7.50. The molecule has 0 fully saturated rings. The Bertz CT molecular complexity index is 400. The molecule has 0 saturated carbocycles. The second-order valence-corrected chi connectivity index (χ2v) is 5.38. The van der Waals surface area contributed by atoms with Crippen molar-refractivity contribution in [1.29, 1.82) is 0 Å². The van der Waals surface area contributed by atoms with E-state index in [1.807, 2.05) is 45.9 Å². The zero-order chi connectivity index (χ0) is 13.8. The van der Waals surface area contributed by atoms with Crippen molar-refractivity contribution in [1.82, 2.24) is 10.3 Å². The molecule has 3 N–H and O–H groups in total. The van der Waals surface area contributed by atoms with Crippen molar-refractivity contribution in [3.63, 3.8) is 0 Å². The molecule has 5 heteroatoms. The molecular weight excluding hydrogens is 230 g/mol. The van der Waals surface area contributed by atoms with Crippen LogP contribution in [-0.4, -0.2) is 23.2 Å². The molecule has 18 heavy (non-hydrogen) atoms. The van der Waals surface area contributed by atoms with Gasteiger partial charge >= 0.3 is 6.09 Å². The van der Waals surface area contributed by atoms with Gasteiger partial charge in [-0.25, -0.2) is 4.79 Å². The van der Waals surface area contributed by atoms with Gasteiger partial charge < -0.3 is 15.8 Å². The number of aromatic nitrogens is 1. The van der Waals surface area contributed by atoms with Crippen LogP contribution in [0.2, 0.25) is 0 Å². The summed E-state index contributed by atoms with van der Waals surface area (Å²) in [6.07, 6.45) is 1.17. The first kappa shape index (κ1) is 14.4. The minimum absolute atomic E-state index is 0.239. The smallest absolute Gasteiger partial charge is 0.408 e. The Morgan fingerprint density at radius 2 is 2.06 bits per heavy atom.